The molecule has 4 rings (SSSR count). The third-order valence-corrected chi connectivity index (χ3v) is 7.71. The predicted octanol–water partition coefficient (Wildman–Crippen LogP) is 4.67. The molecular weight excluding hydrogens is 420 g/mol. The van der Waals surface area contributed by atoms with Crippen LogP contribution in [0, 0.1) is 0 Å². The monoisotopic (exact) mass is 444 g/mol. The highest BCUT2D eigenvalue weighted by molar-refractivity contribution is 7.90. The number of fused-ring (bicyclic) bond motifs is 1. The molecule has 0 aliphatic carbocycles. The second-order valence-electron chi connectivity index (χ2n) is 7.78. The quantitative estimate of drug-likeness (QED) is 0.574. The summed E-state index contributed by atoms with van der Waals surface area (Å²) in [5.74, 6) is -0.145. The summed E-state index contributed by atoms with van der Waals surface area (Å²) in [6, 6.07) is 14.3. The maximum Gasteiger partial charge on any atom is 0.242 e. The van der Waals surface area contributed by atoms with Gasteiger partial charge in [0.1, 0.15) is 6.54 Å². The summed E-state index contributed by atoms with van der Waals surface area (Å²) in [5, 5.41) is 1.06. The van der Waals surface area contributed by atoms with Crippen LogP contribution in [0.3, 0.4) is 0 Å². The average Bonchev–Trinajstić information content (AvgIpc) is 2.90. The van der Waals surface area contributed by atoms with Crippen LogP contribution in [0.15, 0.2) is 59.6 Å². The van der Waals surface area contributed by atoms with Gasteiger partial charge in [-0.2, -0.15) is 0 Å². The molecule has 2 aromatic carbocycles. The first-order valence-corrected chi connectivity index (χ1v) is 12.3. The maximum absolute atomic E-state index is 13.2. The Balaban J connectivity index is 1.67. The summed E-state index contributed by atoms with van der Waals surface area (Å²) < 4.78 is 28.3. The number of aromatic nitrogens is 1. The molecule has 1 amide bonds. The van der Waals surface area contributed by atoms with Gasteiger partial charge in [0.15, 0.2) is 9.84 Å². The molecule has 1 saturated heterocycles. The van der Waals surface area contributed by atoms with E-state index in [1.165, 1.54) is 0 Å². The highest BCUT2D eigenvalue weighted by atomic mass is 35.5. The van der Waals surface area contributed by atoms with Gasteiger partial charge >= 0.3 is 0 Å². The van der Waals surface area contributed by atoms with Crippen LogP contribution in [-0.2, 0) is 26.9 Å². The van der Waals surface area contributed by atoms with Gasteiger partial charge in [-0.3, -0.25) is 4.79 Å². The van der Waals surface area contributed by atoms with Gasteiger partial charge < -0.3 is 9.47 Å². The van der Waals surface area contributed by atoms with Crippen molar-refractivity contribution in [2.75, 3.05) is 13.1 Å². The fraction of sp³-hybridized carbons (Fsp3) is 0.348. The Kier molecular flexibility index (Phi) is 6.16. The lowest BCUT2D eigenvalue weighted by atomic mass is 10.2. The molecule has 158 valence electrons. The third kappa shape index (κ3) is 4.40. The maximum atomic E-state index is 13.2. The lowest BCUT2D eigenvalue weighted by molar-refractivity contribution is -0.131. The van der Waals surface area contributed by atoms with Crippen LogP contribution in [0.1, 0.15) is 31.2 Å². The Hall–Kier alpha value is -2.31. The van der Waals surface area contributed by atoms with E-state index in [0.717, 1.165) is 44.3 Å². The molecule has 2 heterocycles. The Labute approximate surface area is 182 Å². The second-order valence-corrected chi connectivity index (χ2v) is 10.1. The van der Waals surface area contributed by atoms with Crippen LogP contribution >= 0.6 is 11.6 Å². The highest BCUT2D eigenvalue weighted by Gasteiger charge is 2.24. The molecule has 30 heavy (non-hydrogen) atoms. The van der Waals surface area contributed by atoms with Gasteiger partial charge in [-0.1, -0.05) is 60.8 Å². The van der Waals surface area contributed by atoms with Crippen LogP contribution in [0.5, 0.6) is 0 Å². The number of para-hydroxylation sites is 1. The summed E-state index contributed by atoms with van der Waals surface area (Å²) in [5.41, 5.74) is 1.31. The number of carbonyl (C=O) groups is 1. The lowest BCUT2D eigenvalue weighted by Gasteiger charge is -2.20. The normalized spacial score (nSPS) is 15.3. The van der Waals surface area contributed by atoms with E-state index in [0.29, 0.717) is 16.0 Å². The lowest BCUT2D eigenvalue weighted by Crippen LogP contribution is -2.34. The highest BCUT2D eigenvalue weighted by Crippen LogP contribution is 2.29. The van der Waals surface area contributed by atoms with Gasteiger partial charge in [0.25, 0.3) is 0 Å². The number of benzene rings is 2. The van der Waals surface area contributed by atoms with Gasteiger partial charge in [-0.15, -0.1) is 0 Å². The molecule has 3 aromatic rings. The Morgan fingerprint density at radius 3 is 2.33 bits per heavy atom. The molecule has 1 fully saturated rings. The molecule has 0 saturated carbocycles. The summed E-state index contributed by atoms with van der Waals surface area (Å²) in [6.45, 7) is 1.69. The van der Waals surface area contributed by atoms with E-state index in [-0.39, 0.29) is 23.1 Å². The number of rotatable bonds is 5. The van der Waals surface area contributed by atoms with Gasteiger partial charge in [0.05, 0.1) is 10.6 Å². The van der Waals surface area contributed by atoms with Crippen LogP contribution < -0.4 is 0 Å². The van der Waals surface area contributed by atoms with Crippen molar-refractivity contribution in [2.45, 2.75) is 42.9 Å². The SMILES string of the molecule is O=C(Cn1cc(S(=O)(=O)Cc2ccccc2Cl)c2ccccc21)N1CCCCCC1. The zero-order valence-electron chi connectivity index (χ0n) is 16.8. The van der Waals surface area contributed by atoms with Crippen molar-refractivity contribution in [3.05, 3.63) is 65.3 Å². The number of nitrogens with zero attached hydrogens (tertiary/aromatic N) is 2. The molecular formula is C23H25ClN2O3S. The minimum atomic E-state index is -3.64. The number of halogens is 1. The smallest absolute Gasteiger partial charge is 0.242 e. The van der Waals surface area contributed by atoms with Gasteiger partial charge in [-0.25, -0.2) is 8.42 Å². The standard InChI is InChI=1S/C23H25ClN2O3S/c24-20-11-5-3-9-18(20)17-30(28,29)22-15-26(21-12-6-4-10-19(21)22)16-23(27)25-13-7-1-2-8-14-25/h3-6,9-12,15H,1-2,7-8,13-14,16-17H2. The molecule has 0 unspecified atom stereocenters. The fourth-order valence-electron chi connectivity index (χ4n) is 4.06. The van der Waals surface area contributed by atoms with E-state index >= 15 is 0 Å². The van der Waals surface area contributed by atoms with Gasteiger partial charge in [0, 0.05) is 35.2 Å². The molecule has 1 aliphatic rings. The van der Waals surface area contributed by atoms with E-state index < -0.39 is 9.84 Å². The van der Waals surface area contributed by atoms with Crippen molar-refractivity contribution < 1.29 is 13.2 Å². The van der Waals surface area contributed by atoms with Crippen molar-refractivity contribution in [1.29, 1.82) is 0 Å². The number of hydrogen-bond donors (Lipinski definition) is 0. The molecule has 0 spiro atoms. The molecule has 5 nitrogen and oxygen atoms in total. The van der Waals surface area contributed by atoms with Crippen LogP contribution in [0.4, 0.5) is 0 Å². The number of hydrogen-bond acceptors (Lipinski definition) is 3. The molecule has 0 N–H and O–H groups in total. The minimum Gasteiger partial charge on any atom is -0.341 e. The number of likely N-dealkylation sites (tertiary alicyclic amines) is 1. The topological polar surface area (TPSA) is 59.4 Å². The summed E-state index contributed by atoms with van der Waals surface area (Å²) in [7, 11) is -3.64. The van der Waals surface area contributed by atoms with Crippen molar-refractivity contribution in [3.63, 3.8) is 0 Å². The van der Waals surface area contributed by atoms with Gasteiger partial charge in [0.2, 0.25) is 5.91 Å². The van der Waals surface area contributed by atoms with Crippen LogP contribution in [0.25, 0.3) is 10.9 Å². The zero-order chi connectivity index (χ0) is 21.1. The van der Waals surface area contributed by atoms with E-state index in [2.05, 4.69) is 0 Å². The van der Waals surface area contributed by atoms with E-state index in [9.17, 15) is 13.2 Å². The first-order chi connectivity index (χ1) is 14.5. The Morgan fingerprint density at radius 1 is 0.933 bits per heavy atom. The van der Waals surface area contributed by atoms with Crippen molar-refractivity contribution in [1.82, 2.24) is 9.47 Å². The molecule has 0 bridgehead atoms. The molecule has 1 aliphatic heterocycles. The van der Waals surface area contributed by atoms with E-state index in [1.54, 1.807) is 41.1 Å². The van der Waals surface area contributed by atoms with Crippen molar-refractivity contribution in [3.8, 4) is 0 Å². The van der Waals surface area contributed by atoms with E-state index in [1.807, 2.05) is 23.1 Å². The van der Waals surface area contributed by atoms with Crippen molar-refractivity contribution >= 4 is 38.2 Å². The predicted molar refractivity (Wildman–Crippen MR) is 119 cm³/mol. The van der Waals surface area contributed by atoms with Crippen LogP contribution in [-0.4, -0.2) is 36.9 Å². The zero-order valence-corrected chi connectivity index (χ0v) is 18.3. The largest absolute Gasteiger partial charge is 0.341 e. The van der Waals surface area contributed by atoms with Gasteiger partial charge in [-0.05, 0) is 30.5 Å². The number of carbonyl (C=O) groups excluding carboxylic acids is 1. The number of amides is 1. The first kappa shape index (κ1) is 20.9. The Bertz CT molecular complexity index is 1160. The van der Waals surface area contributed by atoms with E-state index in [4.69, 9.17) is 11.6 Å². The first-order valence-electron chi connectivity index (χ1n) is 10.3. The Morgan fingerprint density at radius 2 is 1.60 bits per heavy atom. The molecule has 7 heteroatoms. The third-order valence-electron chi connectivity index (χ3n) is 5.65. The molecule has 1 aromatic heterocycles. The molecule has 0 radical (unpaired) electrons. The van der Waals surface area contributed by atoms with Crippen molar-refractivity contribution in [2.24, 2.45) is 0 Å². The summed E-state index contributed by atoms with van der Waals surface area (Å²) in [4.78, 5) is 15.0. The average molecular weight is 445 g/mol. The second kappa shape index (κ2) is 8.82. The summed E-state index contributed by atoms with van der Waals surface area (Å²) in [6.07, 6.45) is 5.96. The summed E-state index contributed by atoms with van der Waals surface area (Å²) >= 11 is 6.19. The molecule has 0 atom stereocenters. The minimum absolute atomic E-state index is 0.0349. The fourth-order valence-corrected chi connectivity index (χ4v) is 5.95. The number of sulfone groups is 1. The van der Waals surface area contributed by atoms with Crippen LogP contribution in [0.2, 0.25) is 5.02 Å².